The summed E-state index contributed by atoms with van der Waals surface area (Å²) in [6.45, 7) is 1.39. The van der Waals surface area contributed by atoms with Crippen molar-refractivity contribution in [2.75, 3.05) is 18.0 Å². The van der Waals surface area contributed by atoms with E-state index in [1.165, 1.54) is 16.7 Å². The van der Waals surface area contributed by atoms with Crippen molar-refractivity contribution in [2.24, 2.45) is 11.7 Å². The van der Waals surface area contributed by atoms with Gasteiger partial charge in [-0.05, 0) is 12.8 Å². The van der Waals surface area contributed by atoms with Crippen molar-refractivity contribution in [1.29, 1.82) is 0 Å². The standard InChI is InChI=1S/C10H13N3O3S/c11-8(14)6-1-3-13(4-2-6)10-12-7(5-17-10)9(15)16/h5-6H,1-4H2,(H2,11,14)(H,15,16). The molecule has 0 atom stereocenters. The summed E-state index contributed by atoms with van der Waals surface area (Å²) in [6, 6.07) is 0. The Morgan fingerprint density at radius 1 is 1.47 bits per heavy atom. The Labute approximate surface area is 102 Å². The van der Waals surface area contributed by atoms with Gasteiger partial charge >= 0.3 is 5.97 Å². The second-order valence-electron chi connectivity index (χ2n) is 3.98. The van der Waals surface area contributed by atoms with Crippen molar-refractivity contribution in [1.82, 2.24) is 4.98 Å². The van der Waals surface area contributed by atoms with Crippen LogP contribution in [0.15, 0.2) is 5.38 Å². The summed E-state index contributed by atoms with van der Waals surface area (Å²) in [7, 11) is 0. The second kappa shape index (κ2) is 4.70. The predicted octanol–water partition coefficient (Wildman–Crippen LogP) is 0.543. The van der Waals surface area contributed by atoms with E-state index in [1.807, 2.05) is 4.90 Å². The van der Waals surface area contributed by atoms with Crippen LogP contribution in [0.4, 0.5) is 5.13 Å². The fourth-order valence-electron chi connectivity index (χ4n) is 1.86. The van der Waals surface area contributed by atoms with Crippen molar-refractivity contribution in [2.45, 2.75) is 12.8 Å². The highest BCUT2D eigenvalue weighted by Gasteiger charge is 2.25. The van der Waals surface area contributed by atoms with Gasteiger partial charge in [-0.1, -0.05) is 0 Å². The van der Waals surface area contributed by atoms with E-state index in [2.05, 4.69) is 4.98 Å². The summed E-state index contributed by atoms with van der Waals surface area (Å²) < 4.78 is 0. The van der Waals surface area contributed by atoms with E-state index < -0.39 is 5.97 Å². The van der Waals surface area contributed by atoms with Crippen molar-refractivity contribution < 1.29 is 14.7 Å². The molecule has 92 valence electrons. The zero-order valence-corrected chi connectivity index (χ0v) is 9.94. The first-order valence-electron chi connectivity index (χ1n) is 5.31. The number of carboxylic acid groups (broad SMARTS) is 1. The van der Waals surface area contributed by atoms with Crippen LogP contribution in [0.1, 0.15) is 23.3 Å². The predicted molar refractivity (Wildman–Crippen MR) is 63.2 cm³/mol. The molecule has 1 aromatic heterocycles. The van der Waals surface area contributed by atoms with Crippen molar-refractivity contribution in [3.05, 3.63) is 11.1 Å². The molecule has 6 nitrogen and oxygen atoms in total. The minimum atomic E-state index is -1.01. The van der Waals surface area contributed by atoms with Crippen LogP contribution < -0.4 is 10.6 Å². The maximum Gasteiger partial charge on any atom is 0.355 e. The number of hydrogen-bond donors (Lipinski definition) is 2. The average molecular weight is 255 g/mol. The molecule has 0 saturated carbocycles. The van der Waals surface area contributed by atoms with Gasteiger partial charge in [0.1, 0.15) is 0 Å². The van der Waals surface area contributed by atoms with E-state index in [9.17, 15) is 9.59 Å². The molecular weight excluding hydrogens is 242 g/mol. The summed E-state index contributed by atoms with van der Waals surface area (Å²) >= 11 is 1.31. The molecule has 1 aromatic rings. The average Bonchev–Trinajstić information content (AvgIpc) is 2.78. The fraction of sp³-hybridized carbons (Fsp3) is 0.500. The van der Waals surface area contributed by atoms with Crippen LogP contribution in [-0.4, -0.2) is 35.1 Å². The molecule has 0 aromatic carbocycles. The number of nitrogens with zero attached hydrogens (tertiary/aromatic N) is 2. The van der Waals surface area contributed by atoms with Crippen LogP contribution >= 0.6 is 11.3 Å². The lowest BCUT2D eigenvalue weighted by Crippen LogP contribution is -2.38. The number of aromatic nitrogens is 1. The first-order valence-corrected chi connectivity index (χ1v) is 6.19. The van der Waals surface area contributed by atoms with E-state index in [0.717, 1.165) is 0 Å². The number of hydrogen-bond acceptors (Lipinski definition) is 5. The molecule has 1 amide bonds. The molecule has 3 N–H and O–H groups in total. The summed E-state index contributed by atoms with van der Waals surface area (Å²) in [5, 5.41) is 11.0. The molecule has 0 aliphatic carbocycles. The molecule has 1 saturated heterocycles. The van der Waals surface area contributed by atoms with Crippen LogP contribution in [0.5, 0.6) is 0 Å². The summed E-state index contributed by atoms with van der Waals surface area (Å²) in [5.74, 6) is -1.33. The van der Waals surface area contributed by atoms with E-state index in [0.29, 0.717) is 31.1 Å². The van der Waals surface area contributed by atoms with Gasteiger partial charge in [-0.3, -0.25) is 4.79 Å². The van der Waals surface area contributed by atoms with Gasteiger partial charge in [0.15, 0.2) is 10.8 Å². The Bertz CT molecular complexity index is 438. The highest BCUT2D eigenvalue weighted by Crippen LogP contribution is 2.26. The largest absolute Gasteiger partial charge is 0.476 e. The number of anilines is 1. The number of primary amides is 1. The zero-order chi connectivity index (χ0) is 12.4. The number of amides is 1. The molecule has 1 aliphatic heterocycles. The van der Waals surface area contributed by atoms with E-state index in [1.54, 1.807) is 0 Å². The van der Waals surface area contributed by atoms with Gasteiger partial charge in [0.05, 0.1) is 0 Å². The lowest BCUT2D eigenvalue weighted by Gasteiger charge is -2.30. The van der Waals surface area contributed by atoms with Gasteiger partial charge < -0.3 is 15.7 Å². The van der Waals surface area contributed by atoms with Gasteiger partial charge in [0.2, 0.25) is 5.91 Å². The third-order valence-electron chi connectivity index (χ3n) is 2.88. The van der Waals surface area contributed by atoms with Gasteiger partial charge in [-0.2, -0.15) is 0 Å². The number of nitrogens with two attached hydrogens (primary N) is 1. The molecule has 2 rings (SSSR count). The molecule has 0 unspecified atom stereocenters. The topological polar surface area (TPSA) is 96.5 Å². The van der Waals surface area contributed by atoms with Gasteiger partial charge in [0.25, 0.3) is 0 Å². The minimum Gasteiger partial charge on any atom is -0.476 e. The Balaban J connectivity index is 2.00. The SMILES string of the molecule is NC(=O)C1CCN(c2nc(C(=O)O)cs2)CC1. The molecule has 0 radical (unpaired) electrons. The van der Waals surface area contributed by atoms with E-state index >= 15 is 0 Å². The van der Waals surface area contributed by atoms with Crippen LogP contribution in [0.3, 0.4) is 0 Å². The summed E-state index contributed by atoms with van der Waals surface area (Å²) in [4.78, 5) is 27.7. The Kier molecular flexibility index (Phi) is 3.28. The van der Waals surface area contributed by atoms with Crippen molar-refractivity contribution in [3.63, 3.8) is 0 Å². The Morgan fingerprint density at radius 2 is 2.12 bits per heavy atom. The first kappa shape index (κ1) is 11.8. The molecular formula is C10H13N3O3S. The maximum absolute atomic E-state index is 11.0. The van der Waals surface area contributed by atoms with Crippen LogP contribution in [0.25, 0.3) is 0 Å². The number of piperidine rings is 1. The van der Waals surface area contributed by atoms with E-state index in [-0.39, 0.29) is 17.5 Å². The third kappa shape index (κ3) is 2.55. The smallest absolute Gasteiger partial charge is 0.355 e. The van der Waals surface area contributed by atoms with Gasteiger partial charge in [-0.15, -0.1) is 11.3 Å². The lowest BCUT2D eigenvalue weighted by atomic mass is 9.97. The molecule has 0 bridgehead atoms. The minimum absolute atomic E-state index is 0.0647. The monoisotopic (exact) mass is 255 g/mol. The molecule has 17 heavy (non-hydrogen) atoms. The van der Waals surface area contributed by atoms with Crippen molar-refractivity contribution >= 4 is 28.3 Å². The fourth-order valence-corrected chi connectivity index (χ4v) is 2.72. The number of carboxylic acids is 1. The first-order chi connectivity index (χ1) is 8.08. The Morgan fingerprint density at radius 3 is 2.59 bits per heavy atom. The normalized spacial score (nSPS) is 17.1. The molecule has 7 heteroatoms. The quantitative estimate of drug-likeness (QED) is 0.821. The summed E-state index contributed by atoms with van der Waals surface area (Å²) in [6.07, 6.45) is 1.41. The number of thiazole rings is 1. The summed E-state index contributed by atoms with van der Waals surface area (Å²) in [5.41, 5.74) is 5.32. The number of rotatable bonds is 3. The molecule has 1 fully saturated rings. The van der Waals surface area contributed by atoms with Crippen LogP contribution in [0.2, 0.25) is 0 Å². The van der Waals surface area contributed by atoms with Crippen molar-refractivity contribution in [3.8, 4) is 0 Å². The zero-order valence-electron chi connectivity index (χ0n) is 9.13. The number of aromatic carboxylic acids is 1. The lowest BCUT2D eigenvalue weighted by molar-refractivity contribution is -0.122. The maximum atomic E-state index is 11.0. The van der Waals surface area contributed by atoms with Crippen LogP contribution in [-0.2, 0) is 4.79 Å². The third-order valence-corrected chi connectivity index (χ3v) is 3.78. The highest BCUT2D eigenvalue weighted by molar-refractivity contribution is 7.13. The van der Waals surface area contributed by atoms with Gasteiger partial charge in [-0.25, -0.2) is 9.78 Å². The Hall–Kier alpha value is -1.63. The molecule has 1 aliphatic rings. The molecule has 0 spiro atoms. The highest BCUT2D eigenvalue weighted by atomic mass is 32.1. The van der Waals surface area contributed by atoms with Gasteiger partial charge in [0, 0.05) is 24.4 Å². The molecule has 2 heterocycles. The van der Waals surface area contributed by atoms with E-state index in [4.69, 9.17) is 10.8 Å². The van der Waals surface area contributed by atoms with Crippen LogP contribution in [0, 0.1) is 5.92 Å². The second-order valence-corrected chi connectivity index (χ2v) is 4.82. The number of carbonyl (C=O) groups excluding carboxylic acids is 1. The number of carbonyl (C=O) groups is 2.